The number of rotatable bonds is 4. The van der Waals surface area contributed by atoms with Gasteiger partial charge < -0.3 is 4.90 Å². The van der Waals surface area contributed by atoms with E-state index in [9.17, 15) is 5.26 Å². The molecule has 0 aromatic carbocycles. The van der Waals surface area contributed by atoms with Crippen LogP contribution in [0, 0.1) is 11.3 Å². The van der Waals surface area contributed by atoms with Crippen molar-refractivity contribution in [2.45, 2.75) is 58.0 Å². The summed E-state index contributed by atoms with van der Waals surface area (Å²) in [6.07, 6.45) is 4.16. The van der Waals surface area contributed by atoms with Crippen LogP contribution in [0.15, 0.2) is 0 Å². The minimum absolute atomic E-state index is 0.278. The molecule has 0 amide bonds. The Kier molecular flexibility index (Phi) is 5.24. The maximum Gasteiger partial charge on any atom is 0.108 e. The lowest BCUT2D eigenvalue weighted by Crippen LogP contribution is -2.48. The first kappa shape index (κ1) is 13.5. The van der Waals surface area contributed by atoms with Crippen LogP contribution in [0.5, 0.6) is 0 Å². The maximum atomic E-state index is 9.44. The monoisotopic (exact) mass is 223 g/mol. The van der Waals surface area contributed by atoms with Crippen LogP contribution in [0.2, 0.25) is 0 Å². The molecule has 0 aliphatic carbocycles. The molecule has 1 aliphatic rings. The van der Waals surface area contributed by atoms with Gasteiger partial charge in [-0.25, -0.2) is 0 Å². The van der Waals surface area contributed by atoms with Crippen molar-refractivity contribution in [3.05, 3.63) is 0 Å². The third-order valence-corrected chi connectivity index (χ3v) is 3.73. The summed E-state index contributed by atoms with van der Waals surface area (Å²) >= 11 is 0. The van der Waals surface area contributed by atoms with E-state index in [4.69, 9.17) is 0 Å². The molecule has 1 saturated heterocycles. The van der Waals surface area contributed by atoms with Gasteiger partial charge in [-0.3, -0.25) is 5.32 Å². The molecule has 2 unspecified atom stereocenters. The van der Waals surface area contributed by atoms with E-state index < -0.39 is 0 Å². The summed E-state index contributed by atoms with van der Waals surface area (Å²) in [6, 6.07) is 2.97. The standard InChI is InChI=1S/C13H25N3/c1-4-12(3)15-13(11-14)7-6-9-16(5-2)10-8-13/h12,15H,4-10H2,1-3H3. The number of hydrogen-bond donors (Lipinski definition) is 1. The molecule has 92 valence electrons. The zero-order chi connectivity index (χ0) is 12.0. The molecule has 1 N–H and O–H groups in total. The smallest absolute Gasteiger partial charge is 0.108 e. The Balaban J connectivity index is 2.62. The van der Waals surface area contributed by atoms with Crippen molar-refractivity contribution < 1.29 is 0 Å². The predicted octanol–water partition coefficient (Wildman–Crippen LogP) is 2.14. The molecule has 3 nitrogen and oxygen atoms in total. The zero-order valence-corrected chi connectivity index (χ0v) is 10.9. The normalized spacial score (nSPS) is 29.4. The predicted molar refractivity (Wildman–Crippen MR) is 67.2 cm³/mol. The van der Waals surface area contributed by atoms with E-state index in [1.165, 1.54) is 0 Å². The summed E-state index contributed by atoms with van der Waals surface area (Å²) in [6.45, 7) is 9.82. The van der Waals surface area contributed by atoms with Gasteiger partial charge in [0.1, 0.15) is 5.54 Å². The Morgan fingerprint density at radius 2 is 2.12 bits per heavy atom. The molecule has 0 spiro atoms. The summed E-state index contributed by atoms with van der Waals surface area (Å²) in [4.78, 5) is 2.44. The van der Waals surface area contributed by atoms with E-state index in [1.807, 2.05) is 0 Å². The Morgan fingerprint density at radius 1 is 1.38 bits per heavy atom. The van der Waals surface area contributed by atoms with Crippen LogP contribution in [0.4, 0.5) is 0 Å². The Labute approximate surface area is 99.8 Å². The van der Waals surface area contributed by atoms with Crippen molar-refractivity contribution in [3.8, 4) is 6.07 Å². The van der Waals surface area contributed by atoms with Crippen molar-refractivity contribution in [2.75, 3.05) is 19.6 Å². The van der Waals surface area contributed by atoms with Crippen LogP contribution < -0.4 is 5.32 Å². The third-order valence-electron chi connectivity index (χ3n) is 3.73. The van der Waals surface area contributed by atoms with E-state index in [2.05, 4.69) is 37.1 Å². The van der Waals surface area contributed by atoms with Crippen molar-refractivity contribution in [1.29, 1.82) is 5.26 Å². The van der Waals surface area contributed by atoms with Crippen LogP contribution in [0.3, 0.4) is 0 Å². The second kappa shape index (κ2) is 6.22. The molecule has 1 rings (SSSR count). The number of nitrogens with one attached hydrogen (secondary N) is 1. The fourth-order valence-electron chi connectivity index (χ4n) is 2.37. The average molecular weight is 223 g/mol. The highest BCUT2D eigenvalue weighted by molar-refractivity contribution is 5.09. The molecule has 2 atom stereocenters. The van der Waals surface area contributed by atoms with Crippen LogP contribution in [-0.4, -0.2) is 36.1 Å². The molecule has 1 heterocycles. The van der Waals surface area contributed by atoms with Crippen molar-refractivity contribution in [3.63, 3.8) is 0 Å². The molecule has 0 saturated carbocycles. The molecule has 0 radical (unpaired) electrons. The van der Waals surface area contributed by atoms with E-state index in [0.29, 0.717) is 6.04 Å². The third kappa shape index (κ3) is 3.47. The van der Waals surface area contributed by atoms with Gasteiger partial charge in [-0.05, 0) is 45.7 Å². The van der Waals surface area contributed by atoms with Gasteiger partial charge in [0.05, 0.1) is 6.07 Å². The van der Waals surface area contributed by atoms with Gasteiger partial charge in [0.25, 0.3) is 0 Å². The van der Waals surface area contributed by atoms with Crippen molar-refractivity contribution in [2.24, 2.45) is 0 Å². The van der Waals surface area contributed by atoms with Crippen molar-refractivity contribution in [1.82, 2.24) is 10.2 Å². The molecule has 0 bridgehead atoms. The van der Waals surface area contributed by atoms with Gasteiger partial charge in [-0.2, -0.15) is 5.26 Å². The quantitative estimate of drug-likeness (QED) is 0.793. The van der Waals surface area contributed by atoms with E-state index in [1.54, 1.807) is 0 Å². The number of hydrogen-bond acceptors (Lipinski definition) is 3. The first-order valence-electron chi connectivity index (χ1n) is 6.57. The summed E-state index contributed by atoms with van der Waals surface area (Å²) in [5.74, 6) is 0. The molecule has 0 aromatic heterocycles. The number of likely N-dealkylation sites (tertiary alicyclic amines) is 1. The highest BCUT2D eigenvalue weighted by atomic mass is 15.1. The first-order valence-corrected chi connectivity index (χ1v) is 6.57. The summed E-state index contributed by atoms with van der Waals surface area (Å²) < 4.78 is 0. The van der Waals surface area contributed by atoms with E-state index >= 15 is 0 Å². The van der Waals surface area contributed by atoms with E-state index in [-0.39, 0.29) is 5.54 Å². The molecule has 16 heavy (non-hydrogen) atoms. The highest BCUT2D eigenvalue weighted by Crippen LogP contribution is 2.22. The van der Waals surface area contributed by atoms with Gasteiger partial charge >= 0.3 is 0 Å². The maximum absolute atomic E-state index is 9.44. The largest absolute Gasteiger partial charge is 0.304 e. The summed E-state index contributed by atoms with van der Waals surface area (Å²) in [7, 11) is 0. The van der Waals surface area contributed by atoms with Gasteiger partial charge in [-0.15, -0.1) is 0 Å². The van der Waals surface area contributed by atoms with Gasteiger partial charge in [-0.1, -0.05) is 13.8 Å². The minimum atomic E-state index is -0.278. The van der Waals surface area contributed by atoms with Crippen molar-refractivity contribution >= 4 is 0 Å². The lowest BCUT2D eigenvalue weighted by molar-refractivity contribution is 0.281. The first-order chi connectivity index (χ1) is 7.65. The van der Waals surface area contributed by atoms with Gasteiger partial charge in [0.15, 0.2) is 0 Å². The summed E-state index contributed by atoms with van der Waals surface area (Å²) in [5.41, 5.74) is -0.278. The Bertz CT molecular complexity index is 246. The van der Waals surface area contributed by atoms with Crippen LogP contribution in [0.1, 0.15) is 46.5 Å². The van der Waals surface area contributed by atoms with Gasteiger partial charge in [0, 0.05) is 12.6 Å². The molecule has 1 fully saturated rings. The van der Waals surface area contributed by atoms with E-state index in [0.717, 1.165) is 45.3 Å². The molecule has 3 heteroatoms. The molecule has 0 aromatic rings. The Hall–Kier alpha value is -0.590. The lowest BCUT2D eigenvalue weighted by Gasteiger charge is -2.30. The van der Waals surface area contributed by atoms with Gasteiger partial charge in [0.2, 0.25) is 0 Å². The second-order valence-corrected chi connectivity index (χ2v) is 4.94. The average Bonchev–Trinajstić information content (AvgIpc) is 2.52. The fourth-order valence-corrected chi connectivity index (χ4v) is 2.37. The molecular formula is C13H25N3. The SMILES string of the molecule is CCC(C)NC1(C#N)CCCN(CC)CC1. The number of nitrogens with zero attached hydrogens (tertiary/aromatic N) is 2. The second-order valence-electron chi connectivity index (χ2n) is 4.94. The highest BCUT2D eigenvalue weighted by Gasteiger charge is 2.32. The minimum Gasteiger partial charge on any atom is -0.304 e. The number of nitriles is 1. The fraction of sp³-hybridized carbons (Fsp3) is 0.923. The van der Waals surface area contributed by atoms with Crippen LogP contribution in [-0.2, 0) is 0 Å². The molecule has 1 aliphatic heterocycles. The van der Waals surface area contributed by atoms with Crippen LogP contribution in [0.25, 0.3) is 0 Å². The zero-order valence-electron chi connectivity index (χ0n) is 10.9. The topological polar surface area (TPSA) is 39.1 Å². The Morgan fingerprint density at radius 3 is 2.69 bits per heavy atom. The van der Waals surface area contributed by atoms with Crippen LogP contribution >= 0.6 is 0 Å². The summed E-state index contributed by atoms with van der Waals surface area (Å²) in [5, 5.41) is 13.0. The lowest BCUT2D eigenvalue weighted by atomic mass is 9.91. The molecular weight excluding hydrogens is 198 g/mol.